The fraction of sp³-hybridized carbons (Fsp3) is 0.273. The van der Waals surface area contributed by atoms with E-state index in [-0.39, 0.29) is 5.89 Å². The lowest BCUT2D eigenvalue weighted by molar-refractivity contribution is 0.151. The minimum Gasteiger partial charge on any atom is -0.384 e. The molecule has 0 spiro atoms. The van der Waals surface area contributed by atoms with E-state index in [1.54, 1.807) is 6.92 Å². The lowest BCUT2D eigenvalue weighted by atomic mass is 10.1. The van der Waals surface area contributed by atoms with Crippen LogP contribution >= 0.6 is 0 Å². The number of aliphatic hydroxyl groups is 1. The molecular formula is C11H12N2O2. The highest BCUT2D eigenvalue weighted by Gasteiger charge is 2.10. The van der Waals surface area contributed by atoms with Crippen molar-refractivity contribution in [2.24, 2.45) is 0 Å². The van der Waals surface area contributed by atoms with E-state index in [0.29, 0.717) is 12.2 Å². The molecule has 0 radical (unpaired) electrons. The zero-order valence-corrected chi connectivity index (χ0v) is 8.42. The largest absolute Gasteiger partial charge is 0.384 e. The van der Waals surface area contributed by atoms with Crippen molar-refractivity contribution >= 4 is 0 Å². The second-order valence-electron chi connectivity index (χ2n) is 3.39. The molecule has 0 bridgehead atoms. The van der Waals surface area contributed by atoms with Gasteiger partial charge in [-0.25, -0.2) is 0 Å². The summed E-state index contributed by atoms with van der Waals surface area (Å²) in [6, 6.07) is 9.88. The summed E-state index contributed by atoms with van der Waals surface area (Å²) in [5.74, 6) is 0.859. The van der Waals surface area contributed by atoms with Crippen molar-refractivity contribution in [1.82, 2.24) is 10.1 Å². The molecule has 4 nitrogen and oxygen atoms in total. The third kappa shape index (κ3) is 2.41. The second kappa shape index (κ2) is 4.23. The molecule has 0 saturated heterocycles. The molecule has 0 aliphatic rings. The fourth-order valence-corrected chi connectivity index (χ4v) is 1.29. The molecule has 15 heavy (non-hydrogen) atoms. The lowest BCUT2D eigenvalue weighted by Gasteiger charge is -1.94. The van der Waals surface area contributed by atoms with Gasteiger partial charge in [-0.1, -0.05) is 35.5 Å². The molecule has 1 unspecified atom stereocenters. The highest BCUT2D eigenvalue weighted by Crippen LogP contribution is 2.11. The summed E-state index contributed by atoms with van der Waals surface area (Å²) >= 11 is 0. The van der Waals surface area contributed by atoms with Crippen LogP contribution in [0.15, 0.2) is 34.9 Å². The summed E-state index contributed by atoms with van der Waals surface area (Å²) < 4.78 is 4.89. The van der Waals surface area contributed by atoms with Crippen LogP contribution in [0.25, 0.3) is 0 Å². The predicted octanol–water partition coefficient (Wildman–Crippen LogP) is 1.71. The van der Waals surface area contributed by atoms with E-state index in [1.165, 1.54) is 0 Å². The second-order valence-corrected chi connectivity index (χ2v) is 3.39. The average Bonchev–Trinajstić information content (AvgIpc) is 2.68. The van der Waals surface area contributed by atoms with Crippen molar-refractivity contribution in [2.75, 3.05) is 0 Å². The Balaban J connectivity index is 2.12. The highest BCUT2D eigenvalue weighted by atomic mass is 16.5. The maximum atomic E-state index is 9.21. The number of nitrogens with zero attached hydrogens (tertiary/aromatic N) is 2. The van der Waals surface area contributed by atoms with Crippen molar-refractivity contribution in [2.45, 2.75) is 19.4 Å². The average molecular weight is 204 g/mol. The Morgan fingerprint density at radius 2 is 2.07 bits per heavy atom. The minimum absolute atomic E-state index is 0.265. The summed E-state index contributed by atoms with van der Waals surface area (Å²) in [4.78, 5) is 4.08. The van der Waals surface area contributed by atoms with Crippen LogP contribution in [-0.2, 0) is 6.42 Å². The Hall–Kier alpha value is -1.68. The van der Waals surface area contributed by atoms with E-state index in [2.05, 4.69) is 10.1 Å². The third-order valence-corrected chi connectivity index (χ3v) is 2.05. The molecule has 2 aromatic rings. The Kier molecular flexibility index (Phi) is 2.78. The minimum atomic E-state index is -0.706. The summed E-state index contributed by atoms with van der Waals surface area (Å²) in [5, 5.41) is 13.0. The quantitative estimate of drug-likeness (QED) is 0.826. The van der Waals surface area contributed by atoms with Crippen LogP contribution in [0.4, 0.5) is 0 Å². The third-order valence-electron chi connectivity index (χ3n) is 2.05. The van der Waals surface area contributed by atoms with E-state index in [9.17, 15) is 5.11 Å². The first kappa shape index (κ1) is 9.86. The summed E-state index contributed by atoms with van der Waals surface area (Å²) in [5.41, 5.74) is 1.12. The zero-order chi connectivity index (χ0) is 10.7. The zero-order valence-electron chi connectivity index (χ0n) is 8.42. The molecule has 0 aliphatic carbocycles. The van der Waals surface area contributed by atoms with Crippen LogP contribution in [0.1, 0.15) is 30.3 Å². The number of aliphatic hydroxyl groups excluding tert-OH is 1. The molecule has 0 amide bonds. The van der Waals surface area contributed by atoms with E-state index < -0.39 is 6.10 Å². The van der Waals surface area contributed by atoms with Crippen molar-refractivity contribution in [3.63, 3.8) is 0 Å². The maximum Gasteiger partial charge on any atom is 0.255 e. The first-order valence-corrected chi connectivity index (χ1v) is 4.80. The molecule has 4 heteroatoms. The molecule has 0 fully saturated rings. The molecule has 0 aliphatic heterocycles. The van der Waals surface area contributed by atoms with Crippen LogP contribution in [0.2, 0.25) is 0 Å². The number of hydrogen-bond donors (Lipinski definition) is 1. The van der Waals surface area contributed by atoms with Crippen molar-refractivity contribution < 1.29 is 9.63 Å². The van der Waals surface area contributed by atoms with Crippen LogP contribution in [0.3, 0.4) is 0 Å². The van der Waals surface area contributed by atoms with Crippen LogP contribution in [0.5, 0.6) is 0 Å². The number of aromatic nitrogens is 2. The molecule has 78 valence electrons. The van der Waals surface area contributed by atoms with Gasteiger partial charge in [0.25, 0.3) is 5.89 Å². The van der Waals surface area contributed by atoms with Gasteiger partial charge in [-0.05, 0) is 12.5 Å². The Labute approximate surface area is 87.6 Å². The van der Waals surface area contributed by atoms with Gasteiger partial charge >= 0.3 is 0 Å². The first-order valence-electron chi connectivity index (χ1n) is 4.80. The van der Waals surface area contributed by atoms with Crippen LogP contribution < -0.4 is 0 Å². The van der Waals surface area contributed by atoms with E-state index in [0.717, 1.165) is 5.56 Å². The molecular weight excluding hydrogens is 192 g/mol. The fourth-order valence-electron chi connectivity index (χ4n) is 1.29. The smallest absolute Gasteiger partial charge is 0.255 e. The van der Waals surface area contributed by atoms with E-state index >= 15 is 0 Å². The van der Waals surface area contributed by atoms with Crippen molar-refractivity contribution in [1.29, 1.82) is 0 Å². The Morgan fingerprint density at radius 3 is 2.67 bits per heavy atom. The first-order chi connectivity index (χ1) is 7.25. The molecule has 1 aromatic carbocycles. The SMILES string of the molecule is CC(O)c1nc(Cc2ccccc2)no1. The van der Waals surface area contributed by atoms with E-state index in [1.807, 2.05) is 30.3 Å². The van der Waals surface area contributed by atoms with Gasteiger partial charge < -0.3 is 9.63 Å². The predicted molar refractivity (Wildman–Crippen MR) is 54.2 cm³/mol. The molecule has 2 rings (SSSR count). The Morgan fingerprint density at radius 1 is 1.33 bits per heavy atom. The number of rotatable bonds is 3. The standard InChI is InChI=1S/C11H12N2O2/c1-8(14)11-12-10(13-15-11)7-9-5-3-2-4-6-9/h2-6,8,14H,7H2,1H3. The van der Waals surface area contributed by atoms with Crippen LogP contribution in [-0.4, -0.2) is 15.2 Å². The van der Waals surface area contributed by atoms with Gasteiger partial charge in [0, 0.05) is 6.42 Å². The van der Waals surface area contributed by atoms with Gasteiger partial charge in [-0.15, -0.1) is 0 Å². The van der Waals surface area contributed by atoms with Gasteiger partial charge in [0.2, 0.25) is 0 Å². The van der Waals surface area contributed by atoms with Gasteiger partial charge in [-0.2, -0.15) is 4.98 Å². The highest BCUT2D eigenvalue weighted by molar-refractivity contribution is 5.18. The maximum absolute atomic E-state index is 9.21. The van der Waals surface area contributed by atoms with Gasteiger partial charge in [0.15, 0.2) is 5.82 Å². The Bertz CT molecular complexity index is 423. The normalized spacial score (nSPS) is 12.7. The molecule has 1 atom stereocenters. The molecule has 1 aromatic heterocycles. The van der Waals surface area contributed by atoms with Gasteiger partial charge in [0.1, 0.15) is 6.10 Å². The monoisotopic (exact) mass is 204 g/mol. The molecule has 1 N–H and O–H groups in total. The van der Waals surface area contributed by atoms with Gasteiger partial charge in [0.05, 0.1) is 0 Å². The number of benzene rings is 1. The molecule has 1 heterocycles. The molecule has 0 saturated carbocycles. The van der Waals surface area contributed by atoms with Crippen molar-refractivity contribution in [3.8, 4) is 0 Å². The summed E-state index contributed by atoms with van der Waals surface area (Å²) in [7, 11) is 0. The van der Waals surface area contributed by atoms with E-state index in [4.69, 9.17) is 4.52 Å². The van der Waals surface area contributed by atoms with Crippen molar-refractivity contribution in [3.05, 3.63) is 47.6 Å². The summed E-state index contributed by atoms with van der Waals surface area (Å²) in [6.07, 6.45) is -0.0844. The topological polar surface area (TPSA) is 59.2 Å². The summed E-state index contributed by atoms with van der Waals surface area (Å²) in [6.45, 7) is 1.60. The van der Waals surface area contributed by atoms with Gasteiger partial charge in [-0.3, -0.25) is 0 Å². The lowest BCUT2D eigenvalue weighted by Crippen LogP contribution is -1.93. The van der Waals surface area contributed by atoms with Crippen LogP contribution in [0, 0.1) is 0 Å². The number of hydrogen-bond acceptors (Lipinski definition) is 4.